The maximum Gasteiger partial charge on any atom is 0.265 e. The van der Waals surface area contributed by atoms with E-state index in [0.29, 0.717) is 41.0 Å². The van der Waals surface area contributed by atoms with E-state index in [9.17, 15) is 34.8 Å². The second-order valence-corrected chi connectivity index (χ2v) is 19.9. The lowest BCUT2D eigenvalue weighted by Crippen LogP contribution is -2.38. The molecule has 5 aromatic rings. The van der Waals surface area contributed by atoms with E-state index in [2.05, 4.69) is 24.7 Å². The number of nitrogens with one attached hydrogen (secondary N) is 3. The molecule has 2 aliphatic rings. The lowest BCUT2D eigenvalue weighted by molar-refractivity contribution is -0.122. The molecular weight excluding hydrogens is 858 g/mol. The SMILES string of the molecule is CS(=O)(=O)O[C@@H]1CCN(c2ccc(S(=O)(=O)Nc3nccs3)cc2)C1=O.Cc1cccc(Cl)c1CNC1CCN(c2ccc(S(=O)(=O)Nc3nccs3)cc2)C1=O. The predicted molar refractivity (Wildman–Crippen MR) is 219 cm³/mol. The fourth-order valence-electron chi connectivity index (χ4n) is 5.96. The van der Waals surface area contributed by atoms with E-state index in [4.69, 9.17) is 15.8 Å². The van der Waals surface area contributed by atoms with Crippen molar-refractivity contribution >= 4 is 97.9 Å². The van der Waals surface area contributed by atoms with Crippen LogP contribution in [0.3, 0.4) is 0 Å². The van der Waals surface area contributed by atoms with Crippen LogP contribution in [0, 0.1) is 6.92 Å². The van der Waals surface area contributed by atoms with E-state index < -0.39 is 42.2 Å². The van der Waals surface area contributed by atoms with Crippen LogP contribution in [-0.2, 0) is 50.5 Å². The topological polar surface area (TPSA) is 214 Å². The van der Waals surface area contributed by atoms with Crippen molar-refractivity contribution in [3.8, 4) is 0 Å². The van der Waals surface area contributed by atoms with Gasteiger partial charge >= 0.3 is 0 Å². The van der Waals surface area contributed by atoms with Gasteiger partial charge in [0.25, 0.3) is 36.1 Å². The number of hydrogen-bond acceptors (Lipinski definition) is 14. The van der Waals surface area contributed by atoms with E-state index in [1.165, 1.54) is 65.0 Å². The first-order valence-corrected chi connectivity index (χ1v) is 24.0. The number of anilines is 4. The zero-order valence-electron chi connectivity index (χ0n) is 30.2. The summed E-state index contributed by atoms with van der Waals surface area (Å²) in [5.74, 6) is -0.520. The van der Waals surface area contributed by atoms with Gasteiger partial charge in [0.1, 0.15) is 0 Å². The van der Waals surface area contributed by atoms with Crippen LogP contribution in [0.15, 0.2) is 99.7 Å². The van der Waals surface area contributed by atoms with Crippen LogP contribution in [0.5, 0.6) is 0 Å². The van der Waals surface area contributed by atoms with Crippen molar-refractivity contribution in [3.05, 3.63) is 106 Å². The van der Waals surface area contributed by atoms with Gasteiger partial charge in [-0.2, -0.15) is 8.42 Å². The van der Waals surface area contributed by atoms with Crippen molar-refractivity contribution in [1.29, 1.82) is 0 Å². The summed E-state index contributed by atoms with van der Waals surface area (Å²) in [5, 5.41) is 7.88. The van der Waals surface area contributed by atoms with Crippen LogP contribution in [0.2, 0.25) is 5.02 Å². The normalized spacial score (nSPS) is 17.4. The third kappa shape index (κ3) is 10.5. The number of aryl methyl sites for hydroxylation is 1. The highest BCUT2D eigenvalue weighted by Crippen LogP contribution is 2.28. The van der Waals surface area contributed by atoms with Gasteiger partial charge in [-0.05, 0) is 79.1 Å². The standard InChI is InChI=1S/C21H21ClN4O3S2.C14H15N3O6S3/c1-14-3-2-4-18(22)17(14)13-24-19-9-11-26(20(19)27)15-5-7-16(8-6-15)31(28,29)25-21-23-10-12-30-21;1-25(19,20)23-12-6-8-17(13(12)18)10-2-4-11(5-3-10)26(21,22)16-14-15-7-9-24-14/h2-8,10,12,19,24H,9,11,13H2,1H3,(H,23,25);2-5,7,9,12H,6,8H2,1H3,(H,15,16)/t;12-/m.1/s1. The van der Waals surface area contributed by atoms with Gasteiger partial charge in [-0.25, -0.2) is 26.8 Å². The first-order chi connectivity index (χ1) is 27.0. The molecule has 2 saturated heterocycles. The number of aromatic nitrogens is 2. The van der Waals surface area contributed by atoms with Crippen LogP contribution >= 0.6 is 34.3 Å². The van der Waals surface area contributed by atoms with Crippen molar-refractivity contribution in [2.75, 3.05) is 38.6 Å². The van der Waals surface area contributed by atoms with E-state index in [1.807, 2.05) is 25.1 Å². The summed E-state index contributed by atoms with van der Waals surface area (Å²) in [4.78, 5) is 36.1. The molecule has 2 fully saturated rings. The number of halogens is 1. The maximum atomic E-state index is 12.9. The Hall–Kier alpha value is -4.48. The molecule has 1 unspecified atom stereocenters. The average molecular weight is 895 g/mol. The molecule has 16 nitrogen and oxygen atoms in total. The molecule has 4 heterocycles. The van der Waals surface area contributed by atoms with Crippen molar-refractivity contribution in [2.24, 2.45) is 0 Å². The summed E-state index contributed by atoms with van der Waals surface area (Å²) >= 11 is 8.64. The van der Waals surface area contributed by atoms with Crippen molar-refractivity contribution in [2.45, 2.75) is 48.2 Å². The minimum Gasteiger partial charge on any atom is -0.311 e. The molecule has 0 radical (unpaired) electrons. The summed E-state index contributed by atoms with van der Waals surface area (Å²) in [6, 6.07) is 17.4. The number of carbonyl (C=O) groups is 2. The van der Waals surface area contributed by atoms with Crippen molar-refractivity contribution in [1.82, 2.24) is 15.3 Å². The van der Waals surface area contributed by atoms with E-state index >= 15 is 0 Å². The minimum atomic E-state index is -3.78. The van der Waals surface area contributed by atoms with Gasteiger partial charge in [0.05, 0.1) is 22.1 Å². The minimum absolute atomic E-state index is 0.0204. The second kappa shape index (κ2) is 17.6. The Morgan fingerprint density at radius 1 is 0.754 bits per heavy atom. The Kier molecular flexibility index (Phi) is 13.0. The van der Waals surface area contributed by atoms with Crippen LogP contribution in [0.25, 0.3) is 0 Å². The number of sulfonamides is 2. The van der Waals surface area contributed by atoms with Gasteiger partial charge in [0.15, 0.2) is 16.4 Å². The molecule has 3 N–H and O–H groups in total. The number of benzene rings is 3. The quantitative estimate of drug-likeness (QED) is 0.136. The molecule has 0 saturated carbocycles. The summed E-state index contributed by atoms with van der Waals surface area (Å²) in [6.45, 7) is 3.34. The second-order valence-electron chi connectivity index (χ2n) is 12.7. The lowest BCUT2D eigenvalue weighted by atomic mass is 10.1. The van der Waals surface area contributed by atoms with Crippen LogP contribution < -0.4 is 24.6 Å². The third-order valence-corrected chi connectivity index (χ3v) is 14.0. The molecule has 2 atom stereocenters. The summed E-state index contributed by atoms with van der Waals surface area (Å²) in [7, 11) is -11.2. The Morgan fingerprint density at radius 2 is 1.26 bits per heavy atom. The molecule has 3 aromatic carbocycles. The summed E-state index contributed by atoms with van der Waals surface area (Å²) in [6.07, 6.45) is 3.74. The van der Waals surface area contributed by atoms with E-state index in [1.54, 1.807) is 27.8 Å². The molecule has 22 heteroatoms. The molecule has 57 heavy (non-hydrogen) atoms. The fourth-order valence-corrected chi connectivity index (χ4v) is 10.4. The van der Waals surface area contributed by atoms with Crippen molar-refractivity contribution < 1.29 is 39.0 Å². The highest BCUT2D eigenvalue weighted by molar-refractivity contribution is 7.93. The summed E-state index contributed by atoms with van der Waals surface area (Å²) in [5.41, 5.74) is 3.18. The van der Waals surface area contributed by atoms with Crippen LogP contribution in [0.4, 0.5) is 21.6 Å². The first-order valence-electron chi connectivity index (χ1n) is 17.0. The zero-order chi connectivity index (χ0) is 41.0. The van der Waals surface area contributed by atoms with Gasteiger partial charge in [0, 0.05) is 65.6 Å². The smallest absolute Gasteiger partial charge is 0.265 e. The highest BCUT2D eigenvalue weighted by atomic mass is 35.5. The van der Waals surface area contributed by atoms with Gasteiger partial charge in [-0.3, -0.25) is 23.2 Å². The Balaban J connectivity index is 0.000000196. The largest absolute Gasteiger partial charge is 0.311 e. The molecule has 0 aliphatic carbocycles. The van der Waals surface area contributed by atoms with Gasteiger partial charge in [0.2, 0.25) is 5.91 Å². The molecular formula is C35H36ClN7O9S5. The molecule has 0 spiro atoms. The average Bonchev–Trinajstić information content (AvgIpc) is 3.99. The zero-order valence-corrected chi connectivity index (χ0v) is 35.1. The predicted octanol–water partition coefficient (Wildman–Crippen LogP) is 4.83. The van der Waals surface area contributed by atoms with Gasteiger partial charge in [-0.15, -0.1) is 22.7 Å². The third-order valence-electron chi connectivity index (χ3n) is 8.76. The number of rotatable bonds is 13. The Bertz CT molecular complexity index is 2520. The Labute approximate surface area is 343 Å². The van der Waals surface area contributed by atoms with E-state index in [-0.39, 0.29) is 39.8 Å². The lowest BCUT2D eigenvalue weighted by Gasteiger charge is -2.18. The van der Waals surface area contributed by atoms with Gasteiger partial charge < -0.3 is 15.1 Å². The molecule has 7 rings (SSSR count). The first kappa shape index (κ1) is 42.1. The number of nitrogens with zero attached hydrogens (tertiary/aromatic N) is 4. The maximum absolute atomic E-state index is 12.9. The molecule has 0 bridgehead atoms. The highest BCUT2D eigenvalue weighted by Gasteiger charge is 2.36. The number of amides is 2. The van der Waals surface area contributed by atoms with Crippen LogP contribution in [0.1, 0.15) is 24.0 Å². The van der Waals surface area contributed by atoms with E-state index in [0.717, 1.165) is 28.7 Å². The monoisotopic (exact) mass is 893 g/mol. The van der Waals surface area contributed by atoms with Gasteiger partial charge in [-0.1, -0.05) is 23.7 Å². The molecule has 2 aliphatic heterocycles. The number of thiazole rings is 2. The fraction of sp³-hybridized carbons (Fsp3) is 0.257. The number of hydrogen-bond donors (Lipinski definition) is 3. The summed E-state index contributed by atoms with van der Waals surface area (Å²) < 4.78 is 81.5. The number of carbonyl (C=O) groups excluding carboxylic acids is 2. The molecule has 302 valence electrons. The molecule has 2 aromatic heterocycles. The van der Waals surface area contributed by atoms with Crippen LogP contribution in [-0.4, -0.2) is 78.5 Å². The Morgan fingerprint density at radius 3 is 1.74 bits per heavy atom. The molecule has 2 amide bonds. The van der Waals surface area contributed by atoms with Crippen molar-refractivity contribution in [3.63, 3.8) is 0 Å².